The van der Waals surface area contributed by atoms with E-state index in [9.17, 15) is 18.0 Å². The molecule has 30 heavy (non-hydrogen) atoms. The summed E-state index contributed by atoms with van der Waals surface area (Å²) in [6.07, 6.45) is 5.45. The number of carbonyl (C=O) groups is 1. The molecule has 6 nitrogen and oxygen atoms in total. The molecule has 0 spiro atoms. The molecule has 1 amide bonds. The number of hydrogen-bond acceptors (Lipinski definition) is 4. The third kappa shape index (κ3) is 3.32. The monoisotopic (exact) mass is 413 g/mol. The van der Waals surface area contributed by atoms with Crippen molar-refractivity contribution in [3.8, 4) is 0 Å². The maximum atomic E-state index is 13.7. The van der Waals surface area contributed by atoms with E-state index in [-0.39, 0.29) is 23.7 Å². The number of benzene rings is 1. The number of halogens is 3. The van der Waals surface area contributed by atoms with E-state index in [1.807, 2.05) is 12.3 Å². The van der Waals surface area contributed by atoms with Crippen LogP contribution >= 0.6 is 0 Å². The molecular formula is C21H18F3N5O. The van der Waals surface area contributed by atoms with Crippen LogP contribution in [0.4, 0.5) is 13.2 Å². The molecule has 9 heteroatoms. The van der Waals surface area contributed by atoms with Crippen LogP contribution in [0.15, 0.2) is 59.1 Å². The Labute approximate surface area is 170 Å². The normalized spacial score (nSPS) is 15.2. The van der Waals surface area contributed by atoms with Crippen molar-refractivity contribution in [1.29, 1.82) is 0 Å². The van der Waals surface area contributed by atoms with Crippen molar-refractivity contribution < 1.29 is 18.0 Å². The van der Waals surface area contributed by atoms with E-state index in [4.69, 9.17) is 5.73 Å². The third-order valence-corrected chi connectivity index (χ3v) is 5.09. The van der Waals surface area contributed by atoms with Crippen molar-refractivity contribution in [1.82, 2.24) is 14.3 Å². The third-order valence-electron chi connectivity index (χ3n) is 5.09. The van der Waals surface area contributed by atoms with E-state index in [0.29, 0.717) is 35.4 Å². The summed E-state index contributed by atoms with van der Waals surface area (Å²) in [5.74, 6) is -4.41. The molecule has 1 aromatic carbocycles. The fraction of sp³-hybridized carbons (Fsp3) is 0.190. The van der Waals surface area contributed by atoms with Gasteiger partial charge in [0, 0.05) is 49.0 Å². The molecule has 0 saturated carbocycles. The predicted octanol–water partition coefficient (Wildman–Crippen LogP) is 2.93. The lowest BCUT2D eigenvalue weighted by molar-refractivity contribution is 0.0760. The van der Waals surface area contributed by atoms with Gasteiger partial charge in [-0.1, -0.05) is 0 Å². The topological polar surface area (TPSA) is 76.0 Å². The highest BCUT2D eigenvalue weighted by molar-refractivity contribution is 6.13. The fourth-order valence-electron chi connectivity index (χ4n) is 3.65. The minimum atomic E-state index is -1.54. The van der Waals surface area contributed by atoms with Crippen LogP contribution in [0.3, 0.4) is 0 Å². The van der Waals surface area contributed by atoms with E-state index in [2.05, 4.69) is 9.98 Å². The van der Waals surface area contributed by atoms with Crippen LogP contribution in [0.25, 0.3) is 5.52 Å². The van der Waals surface area contributed by atoms with Gasteiger partial charge in [0.1, 0.15) is 0 Å². The Morgan fingerprint density at radius 3 is 2.60 bits per heavy atom. The zero-order chi connectivity index (χ0) is 21.4. The van der Waals surface area contributed by atoms with Crippen molar-refractivity contribution >= 4 is 17.1 Å². The second-order valence-corrected chi connectivity index (χ2v) is 6.88. The number of fused-ring (bicyclic) bond motifs is 1. The summed E-state index contributed by atoms with van der Waals surface area (Å²) < 4.78 is 42.5. The highest BCUT2D eigenvalue weighted by Crippen LogP contribution is 2.24. The molecule has 0 atom stereocenters. The first-order valence-corrected chi connectivity index (χ1v) is 9.21. The number of aliphatic imine (C=N–C) groups is 1. The smallest absolute Gasteiger partial charge is 0.274 e. The lowest BCUT2D eigenvalue weighted by atomic mass is 9.94. The summed E-state index contributed by atoms with van der Waals surface area (Å²) in [5.41, 5.74) is 8.49. The number of aromatic nitrogens is 2. The molecule has 0 bridgehead atoms. The van der Waals surface area contributed by atoms with E-state index in [1.54, 1.807) is 27.8 Å². The van der Waals surface area contributed by atoms with Crippen LogP contribution in [0.5, 0.6) is 0 Å². The molecule has 154 valence electrons. The second-order valence-electron chi connectivity index (χ2n) is 6.88. The van der Waals surface area contributed by atoms with E-state index in [1.165, 1.54) is 7.05 Å². The summed E-state index contributed by atoms with van der Waals surface area (Å²) in [6, 6.07) is 5.39. The Morgan fingerprint density at radius 1 is 1.20 bits per heavy atom. The minimum absolute atomic E-state index is 0.0891. The van der Waals surface area contributed by atoms with Gasteiger partial charge in [-0.15, -0.1) is 0 Å². The average molecular weight is 413 g/mol. The van der Waals surface area contributed by atoms with Crippen LogP contribution in [-0.2, 0) is 0 Å². The van der Waals surface area contributed by atoms with E-state index >= 15 is 0 Å². The van der Waals surface area contributed by atoms with E-state index in [0.717, 1.165) is 12.1 Å². The Bertz CT molecular complexity index is 1190. The molecule has 4 rings (SSSR count). The Balaban J connectivity index is 1.63. The Kier molecular flexibility index (Phi) is 5.03. The molecule has 0 fully saturated rings. The number of rotatable bonds is 3. The summed E-state index contributed by atoms with van der Waals surface area (Å²) in [7, 11) is 1.46. The van der Waals surface area contributed by atoms with Crippen molar-refractivity contribution in [2.75, 3.05) is 20.1 Å². The SMILES string of the molecule is CN=C(C1=C(N)CN(C(=O)c2nccn3cccc23)CC1)c1cc(F)c(F)c(F)c1. The van der Waals surface area contributed by atoms with Gasteiger partial charge < -0.3 is 15.0 Å². The molecule has 0 unspecified atom stereocenters. The van der Waals surface area contributed by atoms with E-state index < -0.39 is 17.5 Å². The van der Waals surface area contributed by atoms with Gasteiger partial charge in [0.25, 0.3) is 5.91 Å². The second kappa shape index (κ2) is 7.66. The average Bonchev–Trinajstić information content (AvgIpc) is 3.22. The molecule has 0 saturated heterocycles. The zero-order valence-electron chi connectivity index (χ0n) is 16.1. The Hall–Kier alpha value is -3.62. The first-order valence-electron chi connectivity index (χ1n) is 9.21. The number of amides is 1. The molecule has 0 radical (unpaired) electrons. The van der Waals surface area contributed by atoms with Gasteiger partial charge >= 0.3 is 0 Å². The van der Waals surface area contributed by atoms with Gasteiger partial charge in [-0.25, -0.2) is 18.2 Å². The number of carbonyl (C=O) groups excluding carboxylic acids is 1. The minimum Gasteiger partial charge on any atom is -0.400 e. The number of nitrogens with zero attached hydrogens (tertiary/aromatic N) is 4. The number of nitrogens with two attached hydrogens (primary N) is 1. The molecule has 1 aliphatic rings. The highest BCUT2D eigenvalue weighted by atomic mass is 19.2. The van der Waals surface area contributed by atoms with Crippen LogP contribution in [-0.4, -0.2) is 46.0 Å². The molecule has 3 heterocycles. The molecule has 3 aromatic rings. The fourth-order valence-corrected chi connectivity index (χ4v) is 3.65. The molecular weight excluding hydrogens is 395 g/mol. The van der Waals surface area contributed by atoms with Gasteiger partial charge in [0.2, 0.25) is 0 Å². The van der Waals surface area contributed by atoms with Gasteiger partial charge in [-0.05, 0) is 30.7 Å². The lowest BCUT2D eigenvalue weighted by Crippen LogP contribution is -2.40. The van der Waals surface area contributed by atoms with Crippen LogP contribution in [0.2, 0.25) is 0 Å². The van der Waals surface area contributed by atoms with Gasteiger partial charge in [0.05, 0.1) is 17.8 Å². The number of hydrogen-bond donors (Lipinski definition) is 1. The summed E-state index contributed by atoms with van der Waals surface area (Å²) in [6.45, 7) is 0.437. The highest BCUT2D eigenvalue weighted by Gasteiger charge is 2.27. The molecule has 2 aromatic heterocycles. The van der Waals surface area contributed by atoms with Crippen molar-refractivity contribution in [3.05, 3.63) is 82.8 Å². The maximum Gasteiger partial charge on any atom is 0.274 e. The largest absolute Gasteiger partial charge is 0.400 e. The maximum absolute atomic E-state index is 13.7. The quantitative estimate of drug-likeness (QED) is 0.530. The van der Waals surface area contributed by atoms with Gasteiger partial charge in [-0.3, -0.25) is 9.79 Å². The van der Waals surface area contributed by atoms with Crippen molar-refractivity contribution in [2.24, 2.45) is 10.7 Å². The first-order chi connectivity index (χ1) is 14.4. The van der Waals surface area contributed by atoms with Crippen LogP contribution < -0.4 is 5.73 Å². The summed E-state index contributed by atoms with van der Waals surface area (Å²) in [4.78, 5) is 22.9. The summed E-state index contributed by atoms with van der Waals surface area (Å²) in [5, 5.41) is 0. The molecule has 1 aliphatic heterocycles. The lowest BCUT2D eigenvalue weighted by Gasteiger charge is -2.30. The van der Waals surface area contributed by atoms with Crippen molar-refractivity contribution in [2.45, 2.75) is 6.42 Å². The standard InChI is InChI=1S/C21H18F3N5O/c1-26-19(12-9-14(22)18(24)15(23)10-12)13-4-7-29(11-16(13)25)21(30)20-17-3-2-6-28(17)8-5-27-20/h2-3,5-6,8-10H,4,7,11,25H2,1H3. The molecule has 0 aliphatic carbocycles. The Morgan fingerprint density at radius 2 is 1.93 bits per heavy atom. The predicted molar refractivity (Wildman–Crippen MR) is 106 cm³/mol. The van der Waals surface area contributed by atoms with Gasteiger partial charge in [0.15, 0.2) is 23.1 Å². The van der Waals surface area contributed by atoms with Gasteiger partial charge in [-0.2, -0.15) is 0 Å². The van der Waals surface area contributed by atoms with Crippen LogP contribution in [0.1, 0.15) is 22.5 Å². The zero-order valence-corrected chi connectivity index (χ0v) is 16.1. The van der Waals surface area contributed by atoms with Crippen LogP contribution in [0, 0.1) is 17.5 Å². The summed E-state index contributed by atoms with van der Waals surface area (Å²) >= 11 is 0. The van der Waals surface area contributed by atoms with Crippen molar-refractivity contribution in [3.63, 3.8) is 0 Å². The molecule has 2 N–H and O–H groups in total. The first kappa shape index (κ1) is 19.7.